The molecule has 1 heterocycles. The van der Waals surface area contributed by atoms with Crippen molar-refractivity contribution in [2.75, 3.05) is 0 Å². The maximum atomic E-state index is 14.2. The summed E-state index contributed by atoms with van der Waals surface area (Å²) in [5.74, 6) is 0.623. The second-order valence-corrected chi connectivity index (χ2v) is 6.00. The second kappa shape index (κ2) is 6.49. The van der Waals surface area contributed by atoms with Crippen LogP contribution >= 0.6 is 0 Å². The molecule has 2 N–H and O–H groups in total. The highest BCUT2D eigenvalue weighted by molar-refractivity contribution is 5.80. The van der Waals surface area contributed by atoms with E-state index in [2.05, 4.69) is 4.57 Å². The van der Waals surface area contributed by atoms with E-state index < -0.39 is 0 Å². The first kappa shape index (κ1) is 15.5. The van der Waals surface area contributed by atoms with Gasteiger partial charge in [0.05, 0.1) is 17.6 Å². The number of benzene rings is 3. The number of imidazole rings is 1. The summed E-state index contributed by atoms with van der Waals surface area (Å²) < 4.78 is 16.2. The average Bonchev–Trinajstić information content (AvgIpc) is 3.02. The van der Waals surface area contributed by atoms with E-state index in [1.807, 2.05) is 60.7 Å². The highest BCUT2D eigenvalue weighted by Gasteiger charge is 2.14. The fourth-order valence-corrected chi connectivity index (χ4v) is 3.04. The Morgan fingerprint density at radius 3 is 2.36 bits per heavy atom. The Hall–Kier alpha value is -2.98. The van der Waals surface area contributed by atoms with Gasteiger partial charge in [0, 0.05) is 17.7 Å². The van der Waals surface area contributed by atoms with Gasteiger partial charge in [-0.15, -0.1) is 0 Å². The van der Waals surface area contributed by atoms with Gasteiger partial charge in [0.1, 0.15) is 11.6 Å². The summed E-state index contributed by atoms with van der Waals surface area (Å²) in [5.41, 5.74) is 10.3. The Morgan fingerprint density at radius 2 is 1.60 bits per heavy atom. The lowest BCUT2D eigenvalue weighted by molar-refractivity contribution is 0.602. The van der Waals surface area contributed by atoms with Gasteiger partial charge in [0.15, 0.2) is 0 Å². The Kier molecular flexibility index (Phi) is 4.04. The molecule has 0 unspecified atom stereocenters. The molecule has 0 radical (unpaired) electrons. The van der Waals surface area contributed by atoms with E-state index in [-0.39, 0.29) is 5.82 Å². The SMILES string of the molecule is NCc1ccc(-c2nc3ccccc3n2Cc2ccccc2F)cc1. The Bertz CT molecular complexity index is 1020. The lowest BCUT2D eigenvalue weighted by Gasteiger charge is -2.11. The van der Waals surface area contributed by atoms with Crippen molar-refractivity contribution >= 4 is 11.0 Å². The minimum atomic E-state index is -0.204. The number of hydrogen-bond donors (Lipinski definition) is 1. The first-order chi connectivity index (χ1) is 12.3. The normalized spacial score (nSPS) is 11.1. The smallest absolute Gasteiger partial charge is 0.141 e. The Labute approximate surface area is 145 Å². The van der Waals surface area contributed by atoms with Crippen molar-refractivity contribution < 1.29 is 4.39 Å². The third-order valence-corrected chi connectivity index (χ3v) is 4.39. The zero-order valence-electron chi connectivity index (χ0n) is 13.7. The van der Waals surface area contributed by atoms with Crippen molar-refractivity contribution in [3.63, 3.8) is 0 Å². The average molecular weight is 331 g/mol. The van der Waals surface area contributed by atoms with Gasteiger partial charge in [-0.3, -0.25) is 0 Å². The lowest BCUT2D eigenvalue weighted by Crippen LogP contribution is -2.04. The largest absolute Gasteiger partial charge is 0.326 e. The number of nitrogens with zero attached hydrogens (tertiary/aromatic N) is 2. The summed E-state index contributed by atoms with van der Waals surface area (Å²) in [6.45, 7) is 0.938. The van der Waals surface area contributed by atoms with Gasteiger partial charge in [-0.25, -0.2) is 9.37 Å². The third-order valence-electron chi connectivity index (χ3n) is 4.39. The maximum absolute atomic E-state index is 14.2. The molecule has 0 fully saturated rings. The fourth-order valence-electron chi connectivity index (χ4n) is 3.04. The van der Waals surface area contributed by atoms with Crippen LogP contribution in [0.5, 0.6) is 0 Å². The zero-order chi connectivity index (χ0) is 17.2. The van der Waals surface area contributed by atoms with E-state index in [9.17, 15) is 4.39 Å². The lowest BCUT2D eigenvalue weighted by atomic mass is 10.1. The molecule has 25 heavy (non-hydrogen) atoms. The molecule has 0 saturated heterocycles. The van der Waals surface area contributed by atoms with Crippen LogP contribution in [-0.4, -0.2) is 9.55 Å². The highest BCUT2D eigenvalue weighted by atomic mass is 19.1. The summed E-state index contributed by atoms with van der Waals surface area (Å²) >= 11 is 0. The van der Waals surface area contributed by atoms with Gasteiger partial charge in [0.2, 0.25) is 0 Å². The van der Waals surface area contributed by atoms with Gasteiger partial charge >= 0.3 is 0 Å². The molecule has 0 aliphatic rings. The van der Waals surface area contributed by atoms with Crippen LogP contribution in [0.25, 0.3) is 22.4 Å². The van der Waals surface area contributed by atoms with E-state index in [1.54, 1.807) is 6.07 Å². The van der Waals surface area contributed by atoms with Crippen LogP contribution in [-0.2, 0) is 13.1 Å². The molecule has 0 aliphatic carbocycles. The molecule has 3 nitrogen and oxygen atoms in total. The predicted molar refractivity (Wildman–Crippen MR) is 98.6 cm³/mol. The van der Waals surface area contributed by atoms with Crippen LogP contribution in [0.3, 0.4) is 0 Å². The van der Waals surface area contributed by atoms with E-state index in [0.717, 1.165) is 28.0 Å². The van der Waals surface area contributed by atoms with Gasteiger partial charge < -0.3 is 10.3 Å². The minimum absolute atomic E-state index is 0.204. The van der Waals surface area contributed by atoms with E-state index in [0.29, 0.717) is 18.7 Å². The summed E-state index contributed by atoms with van der Waals surface area (Å²) in [5, 5.41) is 0. The molecule has 0 saturated carbocycles. The first-order valence-electron chi connectivity index (χ1n) is 8.24. The molecule has 0 bridgehead atoms. The summed E-state index contributed by atoms with van der Waals surface area (Å²) in [6, 6.07) is 22.8. The summed E-state index contributed by atoms with van der Waals surface area (Å²) in [4.78, 5) is 4.77. The van der Waals surface area contributed by atoms with Gasteiger partial charge in [-0.1, -0.05) is 54.6 Å². The quantitative estimate of drug-likeness (QED) is 0.604. The van der Waals surface area contributed by atoms with E-state index in [1.165, 1.54) is 6.07 Å². The van der Waals surface area contributed by atoms with E-state index >= 15 is 0 Å². The molecule has 1 aromatic heterocycles. The number of halogens is 1. The standard InChI is InChI=1S/C21H18FN3/c22-18-6-2-1-5-17(18)14-25-20-8-4-3-7-19(20)24-21(25)16-11-9-15(13-23)10-12-16/h1-12H,13-14,23H2. The van der Waals surface area contributed by atoms with Crippen molar-refractivity contribution in [3.8, 4) is 11.4 Å². The predicted octanol–water partition coefficient (Wildman–Crippen LogP) is 4.35. The molecule has 4 aromatic rings. The molecule has 124 valence electrons. The molecule has 0 aliphatic heterocycles. The number of para-hydroxylation sites is 2. The van der Waals surface area contributed by atoms with Gasteiger partial charge in [0.25, 0.3) is 0 Å². The van der Waals surface area contributed by atoms with Crippen molar-refractivity contribution in [2.45, 2.75) is 13.1 Å². The topological polar surface area (TPSA) is 43.8 Å². The van der Waals surface area contributed by atoms with E-state index in [4.69, 9.17) is 10.7 Å². The number of hydrogen-bond acceptors (Lipinski definition) is 2. The Balaban J connectivity index is 1.87. The first-order valence-corrected chi connectivity index (χ1v) is 8.24. The van der Waals surface area contributed by atoms with Crippen LogP contribution < -0.4 is 5.73 Å². The maximum Gasteiger partial charge on any atom is 0.141 e. The molecular weight excluding hydrogens is 313 g/mol. The fraction of sp³-hybridized carbons (Fsp3) is 0.0952. The van der Waals surface area contributed by atoms with Gasteiger partial charge in [-0.2, -0.15) is 0 Å². The van der Waals surface area contributed by atoms with Crippen molar-refractivity contribution in [1.29, 1.82) is 0 Å². The second-order valence-electron chi connectivity index (χ2n) is 6.00. The van der Waals surface area contributed by atoms with Crippen LogP contribution in [0, 0.1) is 5.82 Å². The number of rotatable bonds is 4. The van der Waals surface area contributed by atoms with Crippen molar-refractivity contribution in [2.24, 2.45) is 5.73 Å². The van der Waals surface area contributed by atoms with Crippen LogP contribution in [0.4, 0.5) is 4.39 Å². The summed E-state index contributed by atoms with van der Waals surface area (Å²) in [7, 11) is 0. The van der Waals surface area contributed by atoms with Gasteiger partial charge in [-0.05, 0) is 23.8 Å². The molecule has 4 rings (SSSR count). The van der Waals surface area contributed by atoms with Crippen LogP contribution in [0.1, 0.15) is 11.1 Å². The molecular formula is C21H18FN3. The minimum Gasteiger partial charge on any atom is -0.326 e. The van der Waals surface area contributed by atoms with Crippen molar-refractivity contribution in [1.82, 2.24) is 9.55 Å². The van der Waals surface area contributed by atoms with Crippen LogP contribution in [0.15, 0.2) is 72.8 Å². The summed E-state index contributed by atoms with van der Waals surface area (Å²) in [6.07, 6.45) is 0. The molecule has 3 aromatic carbocycles. The molecule has 0 amide bonds. The highest BCUT2D eigenvalue weighted by Crippen LogP contribution is 2.26. The molecule has 4 heteroatoms. The molecule has 0 spiro atoms. The third kappa shape index (κ3) is 2.92. The zero-order valence-corrected chi connectivity index (χ0v) is 13.7. The number of fused-ring (bicyclic) bond motifs is 1. The number of nitrogens with two attached hydrogens (primary N) is 1. The van der Waals surface area contributed by atoms with Crippen LogP contribution in [0.2, 0.25) is 0 Å². The number of aromatic nitrogens is 2. The Morgan fingerprint density at radius 1 is 0.880 bits per heavy atom. The van der Waals surface area contributed by atoms with Crippen molar-refractivity contribution in [3.05, 3.63) is 89.7 Å². The molecule has 0 atom stereocenters. The monoisotopic (exact) mass is 331 g/mol.